The van der Waals surface area contributed by atoms with Crippen LogP contribution in [-0.4, -0.2) is 44.5 Å². The van der Waals surface area contributed by atoms with Crippen molar-refractivity contribution in [1.29, 1.82) is 0 Å². The van der Waals surface area contributed by atoms with Crippen molar-refractivity contribution in [2.75, 3.05) is 39.0 Å². The lowest BCUT2D eigenvalue weighted by atomic mass is 10.2. The van der Waals surface area contributed by atoms with Crippen molar-refractivity contribution < 1.29 is 4.79 Å². The number of nitrogens with one attached hydrogen (secondary N) is 2. The number of carbonyl (C=O) groups is 1. The molecular weight excluding hydrogens is 226 g/mol. The number of nitrogens with zero attached hydrogens (tertiary/aromatic N) is 1. The highest BCUT2D eigenvalue weighted by Gasteiger charge is 2.00. The van der Waals surface area contributed by atoms with E-state index in [2.05, 4.69) is 15.5 Å². The van der Waals surface area contributed by atoms with Crippen molar-refractivity contribution in [3.8, 4) is 0 Å². The fourth-order valence-electron chi connectivity index (χ4n) is 1.54. The first-order valence-electron chi connectivity index (χ1n) is 6.30. The van der Waals surface area contributed by atoms with Crippen LogP contribution in [0.4, 0.5) is 5.69 Å². The standard InChI is InChI=1S/C14H23N3O/c1-12-5-7-13(8-6-12)16-11-14(18)15-9-4-10-17(2)3/h5-8,16H,4,9-11H2,1-3H3,(H,15,18). The Kier molecular flexibility index (Phi) is 6.22. The minimum atomic E-state index is 0.0364. The molecule has 0 spiro atoms. The molecule has 0 bridgehead atoms. The van der Waals surface area contributed by atoms with Crippen LogP contribution in [0.2, 0.25) is 0 Å². The van der Waals surface area contributed by atoms with Gasteiger partial charge in [-0.15, -0.1) is 0 Å². The van der Waals surface area contributed by atoms with Crippen LogP contribution in [0.25, 0.3) is 0 Å². The van der Waals surface area contributed by atoms with E-state index in [0.29, 0.717) is 6.54 Å². The molecule has 2 N–H and O–H groups in total. The summed E-state index contributed by atoms with van der Waals surface area (Å²) in [6, 6.07) is 8.01. The minimum Gasteiger partial charge on any atom is -0.376 e. The zero-order chi connectivity index (χ0) is 13.4. The van der Waals surface area contributed by atoms with Gasteiger partial charge in [-0.05, 0) is 46.1 Å². The zero-order valence-corrected chi connectivity index (χ0v) is 11.5. The normalized spacial score (nSPS) is 10.4. The predicted octanol–water partition coefficient (Wildman–Crippen LogP) is 1.47. The lowest BCUT2D eigenvalue weighted by Gasteiger charge is -2.10. The Bertz CT molecular complexity index is 360. The Hall–Kier alpha value is -1.55. The second kappa shape index (κ2) is 7.71. The molecule has 0 heterocycles. The van der Waals surface area contributed by atoms with Crippen LogP contribution in [0.15, 0.2) is 24.3 Å². The van der Waals surface area contributed by atoms with Gasteiger partial charge in [0, 0.05) is 12.2 Å². The molecule has 0 saturated heterocycles. The van der Waals surface area contributed by atoms with Gasteiger partial charge in [-0.25, -0.2) is 0 Å². The molecular formula is C14H23N3O. The molecule has 0 atom stereocenters. The van der Waals surface area contributed by atoms with Crippen LogP contribution in [0.3, 0.4) is 0 Å². The van der Waals surface area contributed by atoms with Gasteiger partial charge in [-0.1, -0.05) is 17.7 Å². The second-order valence-electron chi connectivity index (χ2n) is 4.73. The number of carbonyl (C=O) groups excluding carboxylic acids is 1. The van der Waals surface area contributed by atoms with Gasteiger partial charge >= 0.3 is 0 Å². The molecule has 4 heteroatoms. The van der Waals surface area contributed by atoms with Crippen LogP contribution < -0.4 is 10.6 Å². The third kappa shape index (κ3) is 6.25. The number of benzene rings is 1. The van der Waals surface area contributed by atoms with Gasteiger partial charge < -0.3 is 15.5 Å². The van der Waals surface area contributed by atoms with Crippen molar-refractivity contribution in [2.24, 2.45) is 0 Å². The highest BCUT2D eigenvalue weighted by Crippen LogP contribution is 2.07. The second-order valence-corrected chi connectivity index (χ2v) is 4.73. The van der Waals surface area contributed by atoms with Gasteiger partial charge in [0.05, 0.1) is 6.54 Å². The highest BCUT2D eigenvalue weighted by atomic mass is 16.1. The van der Waals surface area contributed by atoms with Crippen LogP contribution in [0.5, 0.6) is 0 Å². The molecule has 0 aliphatic carbocycles. The maximum Gasteiger partial charge on any atom is 0.239 e. The van der Waals surface area contributed by atoms with Gasteiger partial charge in [-0.2, -0.15) is 0 Å². The quantitative estimate of drug-likeness (QED) is 0.719. The summed E-state index contributed by atoms with van der Waals surface area (Å²) in [4.78, 5) is 13.6. The largest absolute Gasteiger partial charge is 0.376 e. The van der Waals surface area contributed by atoms with E-state index in [-0.39, 0.29) is 5.91 Å². The maximum absolute atomic E-state index is 11.5. The molecule has 0 unspecified atom stereocenters. The zero-order valence-electron chi connectivity index (χ0n) is 11.5. The Morgan fingerprint density at radius 1 is 1.22 bits per heavy atom. The van der Waals surface area contributed by atoms with E-state index < -0.39 is 0 Å². The number of hydrogen-bond acceptors (Lipinski definition) is 3. The fraction of sp³-hybridized carbons (Fsp3) is 0.500. The first kappa shape index (κ1) is 14.5. The van der Waals surface area contributed by atoms with Crippen molar-refractivity contribution >= 4 is 11.6 Å². The molecule has 1 aromatic rings. The summed E-state index contributed by atoms with van der Waals surface area (Å²) in [5, 5.41) is 5.99. The van der Waals surface area contributed by atoms with Gasteiger partial charge in [0.2, 0.25) is 5.91 Å². The van der Waals surface area contributed by atoms with E-state index in [1.165, 1.54) is 5.56 Å². The number of amides is 1. The third-order valence-corrected chi connectivity index (χ3v) is 2.61. The molecule has 1 amide bonds. The molecule has 100 valence electrons. The molecule has 0 aliphatic rings. The molecule has 0 aliphatic heterocycles. The Morgan fingerprint density at radius 2 is 1.89 bits per heavy atom. The molecule has 1 rings (SSSR count). The summed E-state index contributed by atoms with van der Waals surface area (Å²) in [7, 11) is 4.06. The summed E-state index contributed by atoms with van der Waals surface area (Å²) >= 11 is 0. The predicted molar refractivity (Wildman–Crippen MR) is 75.8 cm³/mol. The summed E-state index contributed by atoms with van der Waals surface area (Å²) in [6.07, 6.45) is 0.975. The van der Waals surface area contributed by atoms with Crippen molar-refractivity contribution in [3.05, 3.63) is 29.8 Å². The summed E-state index contributed by atoms with van der Waals surface area (Å²) in [5.41, 5.74) is 2.19. The van der Waals surface area contributed by atoms with Crippen molar-refractivity contribution in [3.63, 3.8) is 0 Å². The summed E-state index contributed by atoms with van der Waals surface area (Å²) < 4.78 is 0. The molecule has 18 heavy (non-hydrogen) atoms. The van der Waals surface area contributed by atoms with Crippen molar-refractivity contribution in [1.82, 2.24) is 10.2 Å². The maximum atomic E-state index is 11.5. The number of anilines is 1. The summed E-state index contributed by atoms with van der Waals surface area (Å²) in [6.45, 7) is 4.09. The topological polar surface area (TPSA) is 44.4 Å². The van der Waals surface area contributed by atoms with E-state index in [0.717, 1.165) is 25.2 Å². The van der Waals surface area contributed by atoms with Gasteiger partial charge in [-0.3, -0.25) is 4.79 Å². The Balaban J connectivity index is 2.15. The molecule has 0 fully saturated rings. The Morgan fingerprint density at radius 3 is 2.50 bits per heavy atom. The molecule has 0 aromatic heterocycles. The van der Waals surface area contributed by atoms with Crippen molar-refractivity contribution in [2.45, 2.75) is 13.3 Å². The number of rotatable bonds is 7. The lowest BCUT2D eigenvalue weighted by Crippen LogP contribution is -2.31. The molecule has 4 nitrogen and oxygen atoms in total. The van der Waals surface area contributed by atoms with Gasteiger partial charge in [0.15, 0.2) is 0 Å². The van der Waals surface area contributed by atoms with Crippen LogP contribution in [0, 0.1) is 6.92 Å². The smallest absolute Gasteiger partial charge is 0.239 e. The van der Waals surface area contributed by atoms with Crippen LogP contribution in [0.1, 0.15) is 12.0 Å². The molecule has 0 saturated carbocycles. The van der Waals surface area contributed by atoms with E-state index >= 15 is 0 Å². The van der Waals surface area contributed by atoms with E-state index in [9.17, 15) is 4.79 Å². The minimum absolute atomic E-state index is 0.0364. The first-order chi connectivity index (χ1) is 8.58. The Labute approximate surface area is 109 Å². The van der Waals surface area contributed by atoms with Crippen LogP contribution >= 0.6 is 0 Å². The van der Waals surface area contributed by atoms with E-state index in [1.54, 1.807) is 0 Å². The van der Waals surface area contributed by atoms with E-state index in [4.69, 9.17) is 0 Å². The third-order valence-electron chi connectivity index (χ3n) is 2.61. The van der Waals surface area contributed by atoms with Gasteiger partial charge in [0.25, 0.3) is 0 Å². The first-order valence-corrected chi connectivity index (χ1v) is 6.30. The average Bonchev–Trinajstić information content (AvgIpc) is 2.34. The number of hydrogen-bond donors (Lipinski definition) is 2. The summed E-state index contributed by atoms with van der Waals surface area (Å²) in [5.74, 6) is 0.0364. The van der Waals surface area contributed by atoms with E-state index in [1.807, 2.05) is 45.3 Å². The SMILES string of the molecule is Cc1ccc(NCC(=O)NCCCN(C)C)cc1. The molecule has 0 radical (unpaired) electrons. The lowest BCUT2D eigenvalue weighted by molar-refractivity contribution is -0.119. The number of aryl methyl sites for hydroxylation is 1. The monoisotopic (exact) mass is 249 g/mol. The molecule has 1 aromatic carbocycles. The fourth-order valence-corrected chi connectivity index (χ4v) is 1.54. The van der Waals surface area contributed by atoms with Crippen LogP contribution in [-0.2, 0) is 4.79 Å². The highest BCUT2D eigenvalue weighted by molar-refractivity contribution is 5.80. The van der Waals surface area contributed by atoms with Gasteiger partial charge in [0.1, 0.15) is 0 Å². The average molecular weight is 249 g/mol.